The van der Waals surface area contributed by atoms with Crippen LogP contribution in [0.3, 0.4) is 0 Å². The minimum Gasteiger partial charge on any atom is -0.303 e. The second-order valence-corrected chi connectivity index (χ2v) is 6.27. The molecular formula is C17H18Cl3N. The zero-order valence-corrected chi connectivity index (χ0v) is 14.3. The lowest BCUT2D eigenvalue weighted by Gasteiger charge is -2.24. The first-order chi connectivity index (χ1) is 10.0. The monoisotopic (exact) mass is 341 g/mol. The van der Waals surface area contributed by atoms with Crippen LogP contribution in [0.25, 0.3) is 0 Å². The average Bonchev–Trinajstić information content (AvgIpc) is 2.48. The third kappa shape index (κ3) is 4.14. The highest BCUT2D eigenvalue weighted by molar-refractivity contribution is 6.42. The van der Waals surface area contributed by atoms with Gasteiger partial charge >= 0.3 is 0 Å². The van der Waals surface area contributed by atoms with E-state index in [-0.39, 0.29) is 12.1 Å². The molecule has 0 saturated carbocycles. The van der Waals surface area contributed by atoms with Crippen molar-refractivity contribution < 1.29 is 0 Å². The minimum absolute atomic E-state index is 0.108. The van der Waals surface area contributed by atoms with Crippen LogP contribution in [-0.4, -0.2) is 0 Å². The molecule has 0 heterocycles. The predicted molar refractivity (Wildman–Crippen MR) is 92.5 cm³/mol. The molecule has 0 aliphatic heterocycles. The van der Waals surface area contributed by atoms with E-state index in [1.54, 1.807) is 6.07 Å². The summed E-state index contributed by atoms with van der Waals surface area (Å²) in [5, 5.41) is 5.55. The van der Waals surface area contributed by atoms with Gasteiger partial charge in [0.15, 0.2) is 0 Å². The fraction of sp³-hybridized carbons (Fsp3) is 0.294. The van der Waals surface area contributed by atoms with Crippen molar-refractivity contribution in [2.45, 2.75) is 32.4 Å². The summed E-state index contributed by atoms with van der Waals surface area (Å²) < 4.78 is 0. The van der Waals surface area contributed by atoms with Crippen LogP contribution >= 0.6 is 34.8 Å². The van der Waals surface area contributed by atoms with E-state index >= 15 is 0 Å². The lowest BCUT2D eigenvalue weighted by Crippen LogP contribution is -2.24. The Morgan fingerprint density at radius 2 is 1.67 bits per heavy atom. The molecule has 4 heteroatoms. The first-order valence-electron chi connectivity index (χ1n) is 6.98. The Morgan fingerprint density at radius 1 is 1.00 bits per heavy atom. The van der Waals surface area contributed by atoms with Crippen molar-refractivity contribution in [3.63, 3.8) is 0 Å². The second kappa shape index (κ2) is 7.51. The summed E-state index contributed by atoms with van der Waals surface area (Å²) in [5.74, 6) is 0. The molecule has 112 valence electrons. The Bertz CT molecular complexity index is 595. The Kier molecular flexibility index (Phi) is 5.95. The third-order valence-corrected chi connectivity index (χ3v) is 4.67. The standard InChI is InChI=1S/C17H18Cl3N/c1-3-16(12-7-9-13(18)10-8-12)21-11(2)14-5-4-6-15(19)17(14)20/h4-11,16,21H,3H2,1-2H3. The van der Waals surface area contributed by atoms with Crippen LogP contribution in [0.5, 0.6) is 0 Å². The van der Waals surface area contributed by atoms with Gasteiger partial charge in [0.2, 0.25) is 0 Å². The Morgan fingerprint density at radius 3 is 2.29 bits per heavy atom. The van der Waals surface area contributed by atoms with Crippen LogP contribution in [0.1, 0.15) is 43.5 Å². The molecule has 0 amide bonds. The molecule has 2 atom stereocenters. The summed E-state index contributed by atoms with van der Waals surface area (Å²) in [4.78, 5) is 0. The lowest BCUT2D eigenvalue weighted by molar-refractivity contribution is 0.456. The topological polar surface area (TPSA) is 12.0 Å². The van der Waals surface area contributed by atoms with Crippen LogP contribution in [-0.2, 0) is 0 Å². The van der Waals surface area contributed by atoms with Crippen molar-refractivity contribution in [1.29, 1.82) is 0 Å². The number of halogens is 3. The van der Waals surface area contributed by atoms with Gasteiger partial charge in [-0.2, -0.15) is 0 Å². The zero-order chi connectivity index (χ0) is 15.4. The van der Waals surface area contributed by atoms with Gasteiger partial charge in [-0.1, -0.05) is 66.0 Å². The van der Waals surface area contributed by atoms with Gasteiger partial charge in [-0.25, -0.2) is 0 Å². The van der Waals surface area contributed by atoms with Crippen molar-refractivity contribution in [2.24, 2.45) is 0 Å². The lowest BCUT2D eigenvalue weighted by atomic mass is 10.0. The predicted octanol–water partition coefficient (Wildman–Crippen LogP) is 6.45. The highest BCUT2D eigenvalue weighted by Gasteiger charge is 2.16. The smallest absolute Gasteiger partial charge is 0.0639 e. The van der Waals surface area contributed by atoms with Gasteiger partial charge in [0.1, 0.15) is 0 Å². The maximum atomic E-state index is 6.29. The third-order valence-electron chi connectivity index (χ3n) is 3.58. The fourth-order valence-electron chi connectivity index (χ4n) is 2.39. The van der Waals surface area contributed by atoms with E-state index in [4.69, 9.17) is 34.8 Å². The summed E-state index contributed by atoms with van der Waals surface area (Å²) in [6.45, 7) is 4.24. The van der Waals surface area contributed by atoms with Gasteiger partial charge in [0, 0.05) is 17.1 Å². The highest BCUT2D eigenvalue weighted by Crippen LogP contribution is 2.31. The molecule has 0 aliphatic carbocycles. The largest absolute Gasteiger partial charge is 0.303 e. The number of benzene rings is 2. The van der Waals surface area contributed by atoms with Gasteiger partial charge in [-0.05, 0) is 42.7 Å². The second-order valence-electron chi connectivity index (χ2n) is 5.04. The molecule has 2 rings (SSSR count). The molecule has 1 nitrogen and oxygen atoms in total. The highest BCUT2D eigenvalue weighted by atomic mass is 35.5. The van der Waals surface area contributed by atoms with Gasteiger partial charge in [-0.15, -0.1) is 0 Å². The molecule has 2 aromatic carbocycles. The van der Waals surface area contributed by atoms with Crippen molar-refractivity contribution in [3.05, 3.63) is 68.7 Å². The molecule has 21 heavy (non-hydrogen) atoms. The van der Waals surface area contributed by atoms with Gasteiger partial charge < -0.3 is 5.32 Å². The molecule has 2 unspecified atom stereocenters. The number of hydrogen-bond donors (Lipinski definition) is 1. The van der Waals surface area contributed by atoms with E-state index in [0.29, 0.717) is 10.0 Å². The maximum absolute atomic E-state index is 6.29. The fourth-order valence-corrected chi connectivity index (χ4v) is 2.99. The van der Waals surface area contributed by atoms with Crippen molar-refractivity contribution >= 4 is 34.8 Å². The molecule has 0 radical (unpaired) electrons. The van der Waals surface area contributed by atoms with Crippen molar-refractivity contribution in [1.82, 2.24) is 5.32 Å². The molecule has 2 aromatic rings. The number of nitrogens with one attached hydrogen (secondary N) is 1. The molecule has 1 N–H and O–H groups in total. The van der Waals surface area contributed by atoms with Crippen LogP contribution in [0.4, 0.5) is 0 Å². The van der Waals surface area contributed by atoms with Crippen molar-refractivity contribution in [3.8, 4) is 0 Å². The number of rotatable bonds is 5. The van der Waals surface area contributed by atoms with Crippen LogP contribution in [0.15, 0.2) is 42.5 Å². The molecule has 0 aromatic heterocycles. The summed E-state index contributed by atoms with van der Waals surface area (Å²) in [6.07, 6.45) is 0.976. The Balaban J connectivity index is 2.18. The number of hydrogen-bond acceptors (Lipinski definition) is 1. The Hall–Kier alpha value is -0.730. The van der Waals surface area contributed by atoms with E-state index in [9.17, 15) is 0 Å². The van der Waals surface area contributed by atoms with Gasteiger partial charge in [0.25, 0.3) is 0 Å². The Labute approximate surface area is 141 Å². The summed E-state index contributed by atoms with van der Waals surface area (Å²) in [7, 11) is 0. The van der Waals surface area contributed by atoms with Gasteiger partial charge in [0.05, 0.1) is 10.0 Å². The van der Waals surface area contributed by atoms with Crippen LogP contribution in [0.2, 0.25) is 15.1 Å². The SMILES string of the molecule is CCC(NC(C)c1cccc(Cl)c1Cl)c1ccc(Cl)cc1. The van der Waals surface area contributed by atoms with Crippen LogP contribution < -0.4 is 5.32 Å². The van der Waals surface area contributed by atoms with E-state index in [0.717, 1.165) is 17.0 Å². The normalized spacial score (nSPS) is 14.0. The molecule has 0 aliphatic rings. The zero-order valence-electron chi connectivity index (χ0n) is 12.0. The van der Waals surface area contributed by atoms with Crippen molar-refractivity contribution in [2.75, 3.05) is 0 Å². The van der Waals surface area contributed by atoms with Crippen LogP contribution in [0, 0.1) is 0 Å². The van der Waals surface area contributed by atoms with E-state index < -0.39 is 0 Å². The minimum atomic E-state index is 0.108. The van der Waals surface area contributed by atoms with Gasteiger partial charge in [-0.3, -0.25) is 0 Å². The molecule has 0 saturated heterocycles. The summed E-state index contributed by atoms with van der Waals surface area (Å²) in [6, 6.07) is 14.0. The summed E-state index contributed by atoms with van der Waals surface area (Å²) >= 11 is 18.3. The first-order valence-corrected chi connectivity index (χ1v) is 8.11. The van der Waals surface area contributed by atoms with E-state index in [1.165, 1.54) is 5.56 Å². The van der Waals surface area contributed by atoms with E-state index in [2.05, 4.69) is 31.3 Å². The quantitative estimate of drug-likeness (QED) is 0.658. The molecule has 0 bridgehead atoms. The molecule has 0 spiro atoms. The molecule has 0 fully saturated rings. The van der Waals surface area contributed by atoms with E-state index in [1.807, 2.05) is 24.3 Å². The molecular weight excluding hydrogens is 325 g/mol. The maximum Gasteiger partial charge on any atom is 0.0639 e. The average molecular weight is 343 g/mol. The first kappa shape index (κ1) is 16.6. The summed E-state index contributed by atoms with van der Waals surface area (Å²) in [5.41, 5.74) is 2.23.